The van der Waals surface area contributed by atoms with Gasteiger partial charge in [-0.1, -0.05) is 0 Å². The molecule has 0 saturated heterocycles. The quantitative estimate of drug-likeness (QED) is 0.522. The van der Waals surface area contributed by atoms with Crippen molar-refractivity contribution in [1.29, 1.82) is 0 Å². The SMILES string of the molecule is NC(=O)CCNC(=O)CN1C(=O)C=CC1=O. The van der Waals surface area contributed by atoms with E-state index in [-0.39, 0.29) is 19.5 Å². The van der Waals surface area contributed by atoms with Gasteiger partial charge in [0.25, 0.3) is 11.8 Å². The van der Waals surface area contributed by atoms with Gasteiger partial charge in [-0.2, -0.15) is 0 Å². The van der Waals surface area contributed by atoms with Gasteiger partial charge in [0, 0.05) is 25.1 Å². The lowest BCUT2D eigenvalue weighted by Gasteiger charge is -2.12. The molecule has 0 fully saturated rings. The van der Waals surface area contributed by atoms with E-state index in [1.807, 2.05) is 0 Å². The first-order chi connectivity index (χ1) is 7.50. The maximum atomic E-state index is 11.2. The Bertz CT molecular complexity index is 357. The Morgan fingerprint density at radius 3 is 2.31 bits per heavy atom. The van der Waals surface area contributed by atoms with Crippen LogP contribution in [0.25, 0.3) is 0 Å². The van der Waals surface area contributed by atoms with Crippen molar-refractivity contribution in [3.05, 3.63) is 12.2 Å². The van der Waals surface area contributed by atoms with Crippen LogP contribution >= 0.6 is 0 Å². The fourth-order valence-corrected chi connectivity index (χ4v) is 1.11. The molecule has 86 valence electrons. The van der Waals surface area contributed by atoms with Gasteiger partial charge in [-0.15, -0.1) is 0 Å². The lowest BCUT2D eigenvalue weighted by atomic mass is 10.4. The molecule has 1 aliphatic rings. The third-order valence-corrected chi connectivity index (χ3v) is 1.90. The van der Waals surface area contributed by atoms with Crippen LogP contribution in [0.15, 0.2) is 12.2 Å². The number of primary amides is 1. The molecule has 0 spiro atoms. The molecular weight excluding hydrogens is 214 g/mol. The highest BCUT2D eigenvalue weighted by atomic mass is 16.2. The highest BCUT2D eigenvalue weighted by Gasteiger charge is 2.25. The smallest absolute Gasteiger partial charge is 0.254 e. The van der Waals surface area contributed by atoms with Gasteiger partial charge in [0.2, 0.25) is 11.8 Å². The minimum atomic E-state index is -0.532. The van der Waals surface area contributed by atoms with Crippen LogP contribution in [0.4, 0.5) is 0 Å². The van der Waals surface area contributed by atoms with Gasteiger partial charge in [-0.3, -0.25) is 24.1 Å². The van der Waals surface area contributed by atoms with Gasteiger partial charge in [-0.25, -0.2) is 0 Å². The lowest BCUT2D eigenvalue weighted by molar-refractivity contribution is -0.141. The number of amides is 4. The normalized spacial score (nSPS) is 14.4. The summed E-state index contributed by atoms with van der Waals surface area (Å²) in [5.74, 6) is -2.08. The number of imide groups is 1. The molecule has 0 aromatic rings. The average Bonchev–Trinajstić information content (AvgIpc) is 2.49. The van der Waals surface area contributed by atoms with E-state index in [2.05, 4.69) is 5.32 Å². The van der Waals surface area contributed by atoms with E-state index in [1.165, 1.54) is 0 Å². The monoisotopic (exact) mass is 225 g/mol. The van der Waals surface area contributed by atoms with Crippen LogP contribution in [0.2, 0.25) is 0 Å². The second-order valence-corrected chi connectivity index (χ2v) is 3.16. The second-order valence-electron chi connectivity index (χ2n) is 3.16. The molecule has 0 atom stereocenters. The zero-order valence-electron chi connectivity index (χ0n) is 8.43. The van der Waals surface area contributed by atoms with Crippen LogP contribution in [0, 0.1) is 0 Å². The molecule has 0 aromatic heterocycles. The molecule has 0 saturated carbocycles. The summed E-state index contributed by atoms with van der Waals surface area (Å²) in [7, 11) is 0. The molecule has 0 bridgehead atoms. The fraction of sp³-hybridized carbons (Fsp3) is 0.333. The second kappa shape index (κ2) is 5.06. The van der Waals surface area contributed by atoms with Gasteiger partial charge in [-0.05, 0) is 0 Å². The summed E-state index contributed by atoms with van der Waals surface area (Å²) < 4.78 is 0. The van der Waals surface area contributed by atoms with Gasteiger partial charge in [0.1, 0.15) is 6.54 Å². The van der Waals surface area contributed by atoms with E-state index in [0.717, 1.165) is 17.1 Å². The van der Waals surface area contributed by atoms with Crippen molar-refractivity contribution in [3.63, 3.8) is 0 Å². The van der Waals surface area contributed by atoms with Gasteiger partial charge in [0.05, 0.1) is 0 Å². The summed E-state index contributed by atoms with van der Waals surface area (Å²) in [6.45, 7) is -0.249. The van der Waals surface area contributed by atoms with Crippen molar-refractivity contribution in [1.82, 2.24) is 10.2 Å². The highest BCUT2D eigenvalue weighted by Crippen LogP contribution is 2.01. The summed E-state index contributed by atoms with van der Waals surface area (Å²) in [6.07, 6.45) is 2.21. The first-order valence-corrected chi connectivity index (χ1v) is 4.59. The Morgan fingerprint density at radius 1 is 1.25 bits per heavy atom. The Morgan fingerprint density at radius 2 is 1.81 bits per heavy atom. The van der Waals surface area contributed by atoms with Crippen LogP contribution in [0.1, 0.15) is 6.42 Å². The molecule has 7 nitrogen and oxygen atoms in total. The third kappa shape index (κ3) is 3.19. The predicted molar refractivity (Wildman–Crippen MR) is 52.7 cm³/mol. The number of hydrogen-bond acceptors (Lipinski definition) is 4. The standard InChI is InChI=1S/C9H11N3O4/c10-6(13)3-4-11-7(14)5-12-8(15)1-2-9(12)16/h1-2H,3-5H2,(H2,10,13)(H,11,14). The lowest BCUT2D eigenvalue weighted by Crippen LogP contribution is -2.41. The van der Waals surface area contributed by atoms with Crippen molar-refractivity contribution in [2.24, 2.45) is 5.73 Å². The summed E-state index contributed by atoms with van der Waals surface area (Å²) >= 11 is 0. The van der Waals surface area contributed by atoms with Crippen LogP contribution < -0.4 is 11.1 Å². The number of carbonyl (C=O) groups excluding carboxylic acids is 4. The molecule has 0 radical (unpaired) electrons. The first kappa shape index (κ1) is 11.9. The number of nitrogens with two attached hydrogens (primary N) is 1. The molecular formula is C9H11N3O4. The summed E-state index contributed by atoms with van der Waals surface area (Å²) in [4.78, 5) is 44.5. The predicted octanol–water partition coefficient (Wildman–Crippen LogP) is -2.10. The van der Waals surface area contributed by atoms with E-state index in [4.69, 9.17) is 5.73 Å². The summed E-state index contributed by atoms with van der Waals surface area (Å²) in [5, 5.41) is 2.37. The molecule has 4 amide bonds. The Balaban J connectivity index is 2.32. The number of carbonyl (C=O) groups is 4. The van der Waals surface area contributed by atoms with Crippen molar-refractivity contribution < 1.29 is 19.2 Å². The Hall–Kier alpha value is -2.18. The Labute approximate surface area is 91.3 Å². The van der Waals surface area contributed by atoms with Crippen molar-refractivity contribution in [2.45, 2.75) is 6.42 Å². The van der Waals surface area contributed by atoms with E-state index in [1.54, 1.807) is 0 Å². The topological polar surface area (TPSA) is 110 Å². The molecule has 0 aromatic carbocycles. The van der Waals surface area contributed by atoms with Crippen LogP contribution in [-0.2, 0) is 19.2 Å². The highest BCUT2D eigenvalue weighted by molar-refractivity contribution is 6.14. The number of nitrogens with one attached hydrogen (secondary N) is 1. The Kier molecular flexibility index (Phi) is 3.76. The molecule has 1 aliphatic heterocycles. The molecule has 0 unspecified atom stereocenters. The van der Waals surface area contributed by atoms with E-state index in [0.29, 0.717) is 0 Å². The summed E-state index contributed by atoms with van der Waals surface area (Å²) in [5.41, 5.74) is 4.87. The number of hydrogen-bond donors (Lipinski definition) is 2. The molecule has 16 heavy (non-hydrogen) atoms. The van der Waals surface area contributed by atoms with E-state index in [9.17, 15) is 19.2 Å². The van der Waals surface area contributed by atoms with Crippen molar-refractivity contribution in [3.8, 4) is 0 Å². The molecule has 1 heterocycles. The molecule has 3 N–H and O–H groups in total. The van der Waals surface area contributed by atoms with Gasteiger partial charge in [0.15, 0.2) is 0 Å². The average molecular weight is 225 g/mol. The van der Waals surface area contributed by atoms with Gasteiger partial charge < -0.3 is 11.1 Å². The zero-order chi connectivity index (χ0) is 12.1. The minimum absolute atomic E-state index is 0.0197. The van der Waals surface area contributed by atoms with Crippen LogP contribution in [-0.4, -0.2) is 41.6 Å². The minimum Gasteiger partial charge on any atom is -0.370 e. The van der Waals surface area contributed by atoms with Gasteiger partial charge >= 0.3 is 0 Å². The maximum absolute atomic E-state index is 11.2. The van der Waals surface area contributed by atoms with Crippen molar-refractivity contribution in [2.75, 3.05) is 13.1 Å². The number of nitrogens with zero attached hydrogens (tertiary/aromatic N) is 1. The number of rotatable bonds is 5. The zero-order valence-corrected chi connectivity index (χ0v) is 8.43. The van der Waals surface area contributed by atoms with Crippen molar-refractivity contribution >= 4 is 23.6 Å². The largest absolute Gasteiger partial charge is 0.370 e. The van der Waals surface area contributed by atoms with Crippen LogP contribution in [0.3, 0.4) is 0 Å². The summed E-state index contributed by atoms with van der Waals surface area (Å²) in [6, 6.07) is 0. The van der Waals surface area contributed by atoms with E-state index >= 15 is 0 Å². The fourth-order valence-electron chi connectivity index (χ4n) is 1.11. The molecule has 0 aliphatic carbocycles. The first-order valence-electron chi connectivity index (χ1n) is 4.59. The maximum Gasteiger partial charge on any atom is 0.254 e. The molecule has 7 heteroatoms. The van der Waals surface area contributed by atoms with Crippen LogP contribution in [0.5, 0.6) is 0 Å². The third-order valence-electron chi connectivity index (χ3n) is 1.90. The van der Waals surface area contributed by atoms with E-state index < -0.39 is 23.6 Å². The molecule has 1 rings (SSSR count).